The number of nitrogens with two attached hydrogens (primary N) is 1. The Morgan fingerprint density at radius 1 is 1.37 bits per heavy atom. The van der Waals surface area contributed by atoms with E-state index >= 15 is 0 Å². The Labute approximate surface area is 124 Å². The Morgan fingerprint density at radius 3 is 2.58 bits per heavy atom. The first-order valence-electron chi connectivity index (χ1n) is 4.99. The number of pyridine rings is 1. The van der Waals surface area contributed by atoms with Gasteiger partial charge >= 0.3 is 0 Å². The number of aryl methyl sites for hydroxylation is 1. The third-order valence-electron chi connectivity index (χ3n) is 2.31. The van der Waals surface area contributed by atoms with Crippen molar-refractivity contribution >= 4 is 56.1 Å². The van der Waals surface area contributed by atoms with Crippen LogP contribution >= 0.6 is 34.5 Å². The average molecular weight is 338 g/mol. The molecule has 0 unspecified atom stereocenters. The maximum atomic E-state index is 12.1. The number of halogens is 2. The van der Waals surface area contributed by atoms with Gasteiger partial charge in [-0.15, -0.1) is 11.3 Å². The predicted octanol–water partition coefficient (Wildman–Crippen LogP) is 3.14. The molecule has 0 aromatic carbocycles. The highest BCUT2D eigenvalue weighted by atomic mass is 35.5. The zero-order chi connectivity index (χ0) is 14.2. The van der Waals surface area contributed by atoms with Gasteiger partial charge in [0.15, 0.2) is 0 Å². The van der Waals surface area contributed by atoms with Gasteiger partial charge in [-0.05, 0) is 24.6 Å². The molecule has 0 atom stereocenters. The normalized spacial score (nSPS) is 11.5. The summed E-state index contributed by atoms with van der Waals surface area (Å²) >= 11 is 12.5. The van der Waals surface area contributed by atoms with E-state index in [9.17, 15) is 8.42 Å². The van der Waals surface area contributed by atoms with Gasteiger partial charge in [0, 0.05) is 0 Å². The van der Waals surface area contributed by atoms with Crippen molar-refractivity contribution in [2.24, 2.45) is 0 Å². The first-order valence-corrected chi connectivity index (χ1v) is 8.05. The van der Waals surface area contributed by atoms with Crippen LogP contribution in [0.15, 0.2) is 23.2 Å². The van der Waals surface area contributed by atoms with E-state index in [2.05, 4.69) is 9.71 Å². The van der Waals surface area contributed by atoms with Gasteiger partial charge in [0.2, 0.25) is 0 Å². The van der Waals surface area contributed by atoms with E-state index in [0.717, 1.165) is 16.9 Å². The van der Waals surface area contributed by atoms with Crippen molar-refractivity contribution in [1.82, 2.24) is 4.98 Å². The summed E-state index contributed by atoms with van der Waals surface area (Å²) in [7, 11) is -3.81. The molecule has 5 nitrogen and oxygen atoms in total. The van der Waals surface area contributed by atoms with Crippen LogP contribution in [0.25, 0.3) is 0 Å². The number of nitrogens with zero attached hydrogens (tertiary/aromatic N) is 1. The number of hydrogen-bond acceptors (Lipinski definition) is 5. The number of hydrogen-bond donors (Lipinski definition) is 2. The van der Waals surface area contributed by atoms with Crippen LogP contribution in [0.1, 0.15) is 5.56 Å². The molecule has 2 rings (SSSR count). The summed E-state index contributed by atoms with van der Waals surface area (Å²) in [6, 6.07) is 2.83. The monoisotopic (exact) mass is 337 g/mol. The molecule has 2 heterocycles. The van der Waals surface area contributed by atoms with Gasteiger partial charge in [0.25, 0.3) is 10.0 Å². The van der Waals surface area contributed by atoms with Crippen molar-refractivity contribution in [1.29, 1.82) is 0 Å². The number of nitrogen functional groups attached to an aromatic ring is 1. The summed E-state index contributed by atoms with van der Waals surface area (Å²) < 4.78 is 27.0. The standard InChI is InChI=1S/C10H9Cl2N3O2S2/c1-5-2-9(14-4-6(5)13)15-19(16,17)7-3-8(11)18-10(7)12/h2-4H,13H2,1H3,(H,14,15). The molecule has 19 heavy (non-hydrogen) atoms. The van der Waals surface area contributed by atoms with E-state index < -0.39 is 10.0 Å². The molecule has 3 N–H and O–H groups in total. The van der Waals surface area contributed by atoms with Crippen molar-refractivity contribution in [2.75, 3.05) is 10.5 Å². The fraction of sp³-hybridized carbons (Fsp3) is 0.100. The van der Waals surface area contributed by atoms with Crippen molar-refractivity contribution in [2.45, 2.75) is 11.8 Å². The van der Waals surface area contributed by atoms with Crippen LogP contribution in [0.5, 0.6) is 0 Å². The topological polar surface area (TPSA) is 85.1 Å². The summed E-state index contributed by atoms with van der Waals surface area (Å²) in [5, 5.41) is 0. The summed E-state index contributed by atoms with van der Waals surface area (Å²) in [6.45, 7) is 1.75. The second-order valence-corrected chi connectivity index (χ2v) is 7.66. The Hall–Kier alpha value is -1.02. The second-order valence-electron chi connectivity index (χ2n) is 3.72. The zero-order valence-electron chi connectivity index (χ0n) is 9.65. The molecule has 2 aromatic rings. The van der Waals surface area contributed by atoms with Crippen LogP contribution in [-0.2, 0) is 10.0 Å². The highest BCUT2D eigenvalue weighted by molar-refractivity contribution is 7.93. The molecule has 0 aliphatic rings. The number of thiophene rings is 1. The van der Waals surface area contributed by atoms with E-state index in [1.54, 1.807) is 6.92 Å². The molecule has 0 spiro atoms. The van der Waals surface area contributed by atoms with Crippen LogP contribution in [0, 0.1) is 6.92 Å². The predicted molar refractivity (Wildman–Crippen MR) is 78.5 cm³/mol. The van der Waals surface area contributed by atoms with E-state index in [1.165, 1.54) is 18.3 Å². The summed E-state index contributed by atoms with van der Waals surface area (Å²) in [5.41, 5.74) is 6.82. The second kappa shape index (κ2) is 5.16. The van der Waals surface area contributed by atoms with Crippen molar-refractivity contribution in [3.8, 4) is 0 Å². The quantitative estimate of drug-likeness (QED) is 0.900. The van der Waals surface area contributed by atoms with E-state index in [0.29, 0.717) is 10.0 Å². The van der Waals surface area contributed by atoms with Gasteiger partial charge in [0.1, 0.15) is 15.0 Å². The lowest BCUT2D eigenvalue weighted by atomic mass is 10.2. The molecule has 0 aliphatic heterocycles. The average Bonchev–Trinajstić information content (AvgIpc) is 2.63. The number of aromatic nitrogens is 1. The molecule has 0 saturated heterocycles. The van der Waals surface area contributed by atoms with E-state index in [1.807, 2.05) is 0 Å². The largest absolute Gasteiger partial charge is 0.397 e. The van der Waals surface area contributed by atoms with E-state index in [-0.39, 0.29) is 15.0 Å². The highest BCUT2D eigenvalue weighted by Gasteiger charge is 2.21. The Kier molecular flexibility index (Phi) is 3.91. The SMILES string of the molecule is Cc1cc(NS(=O)(=O)c2cc(Cl)sc2Cl)ncc1N. The molecule has 9 heteroatoms. The van der Waals surface area contributed by atoms with Gasteiger partial charge in [-0.3, -0.25) is 4.72 Å². The van der Waals surface area contributed by atoms with Gasteiger partial charge in [-0.1, -0.05) is 23.2 Å². The van der Waals surface area contributed by atoms with Crippen LogP contribution in [0.2, 0.25) is 8.67 Å². The molecule has 0 fully saturated rings. The smallest absolute Gasteiger partial charge is 0.265 e. The van der Waals surface area contributed by atoms with Gasteiger partial charge < -0.3 is 5.73 Å². The lowest BCUT2D eigenvalue weighted by Crippen LogP contribution is -2.13. The van der Waals surface area contributed by atoms with Crippen LogP contribution in [0.3, 0.4) is 0 Å². The van der Waals surface area contributed by atoms with E-state index in [4.69, 9.17) is 28.9 Å². The number of nitrogens with one attached hydrogen (secondary N) is 1. The molecule has 0 bridgehead atoms. The maximum Gasteiger partial charge on any atom is 0.265 e. The molecule has 102 valence electrons. The van der Waals surface area contributed by atoms with Crippen molar-refractivity contribution < 1.29 is 8.42 Å². The maximum absolute atomic E-state index is 12.1. The third kappa shape index (κ3) is 3.11. The summed E-state index contributed by atoms with van der Waals surface area (Å²) in [4.78, 5) is 3.83. The minimum Gasteiger partial charge on any atom is -0.397 e. The molecule has 2 aromatic heterocycles. The van der Waals surface area contributed by atoms with Gasteiger partial charge in [0.05, 0.1) is 16.2 Å². The Morgan fingerprint density at radius 2 is 2.05 bits per heavy atom. The fourth-order valence-electron chi connectivity index (χ4n) is 1.32. The first-order chi connectivity index (χ1) is 8.79. The zero-order valence-corrected chi connectivity index (χ0v) is 12.8. The minimum atomic E-state index is -3.81. The summed E-state index contributed by atoms with van der Waals surface area (Å²) in [6.07, 6.45) is 1.38. The van der Waals surface area contributed by atoms with Crippen molar-refractivity contribution in [3.63, 3.8) is 0 Å². The Balaban J connectivity index is 2.36. The van der Waals surface area contributed by atoms with Crippen LogP contribution in [-0.4, -0.2) is 13.4 Å². The summed E-state index contributed by atoms with van der Waals surface area (Å²) in [5.74, 6) is 0.171. The molecule has 0 saturated carbocycles. The fourth-order valence-corrected chi connectivity index (χ4v) is 4.47. The molecule has 0 aliphatic carbocycles. The Bertz CT molecular complexity index is 728. The number of rotatable bonds is 3. The minimum absolute atomic E-state index is 0.0690. The van der Waals surface area contributed by atoms with Gasteiger partial charge in [-0.25, -0.2) is 13.4 Å². The number of sulfonamides is 1. The van der Waals surface area contributed by atoms with Crippen LogP contribution in [0.4, 0.5) is 11.5 Å². The molecular weight excluding hydrogens is 329 g/mol. The lowest BCUT2D eigenvalue weighted by Gasteiger charge is -2.07. The number of anilines is 2. The van der Waals surface area contributed by atoms with Crippen molar-refractivity contribution in [3.05, 3.63) is 32.6 Å². The lowest BCUT2D eigenvalue weighted by molar-refractivity contribution is 0.601. The molecule has 0 radical (unpaired) electrons. The highest BCUT2D eigenvalue weighted by Crippen LogP contribution is 2.35. The molecule has 0 amide bonds. The van der Waals surface area contributed by atoms with Gasteiger partial charge in [-0.2, -0.15) is 0 Å². The van der Waals surface area contributed by atoms with Crippen LogP contribution < -0.4 is 10.5 Å². The molecular formula is C10H9Cl2N3O2S2. The third-order valence-corrected chi connectivity index (χ3v) is 5.41. The first kappa shape index (κ1) is 14.4.